The lowest BCUT2D eigenvalue weighted by Gasteiger charge is -2.27. The van der Waals surface area contributed by atoms with Gasteiger partial charge in [0.15, 0.2) is 0 Å². The van der Waals surface area contributed by atoms with Crippen molar-refractivity contribution in [2.75, 3.05) is 13.1 Å². The predicted octanol–water partition coefficient (Wildman–Crippen LogP) is 2.77. The van der Waals surface area contributed by atoms with Crippen LogP contribution in [0.4, 0.5) is 0 Å². The van der Waals surface area contributed by atoms with Crippen LogP contribution in [0.3, 0.4) is 0 Å². The van der Waals surface area contributed by atoms with E-state index in [2.05, 4.69) is 6.92 Å². The first kappa shape index (κ1) is 16.9. The van der Waals surface area contributed by atoms with E-state index in [0.717, 1.165) is 25.7 Å². The van der Waals surface area contributed by atoms with Gasteiger partial charge in [-0.3, -0.25) is 9.59 Å². The highest BCUT2D eigenvalue weighted by Gasteiger charge is 2.24. The van der Waals surface area contributed by atoms with Crippen LogP contribution < -0.4 is 0 Å². The van der Waals surface area contributed by atoms with Crippen molar-refractivity contribution in [3.8, 4) is 0 Å². The van der Waals surface area contributed by atoms with Gasteiger partial charge in [0.05, 0.1) is 0 Å². The molecule has 0 fully saturated rings. The second-order valence-corrected chi connectivity index (χ2v) is 5.25. The maximum Gasteiger partial charge on any atom is 0.323 e. The quantitative estimate of drug-likeness (QED) is 0.691. The minimum absolute atomic E-state index is 0.00190. The number of carbonyl (C=O) groups is 2. The molecule has 0 aromatic rings. The van der Waals surface area contributed by atoms with Crippen molar-refractivity contribution in [2.24, 2.45) is 11.8 Å². The van der Waals surface area contributed by atoms with Crippen LogP contribution >= 0.6 is 0 Å². The number of amides is 1. The van der Waals surface area contributed by atoms with Gasteiger partial charge >= 0.3 is 5.97 Å². The topological polar surface area (TPSA) is 57.6 Å². The first-order chi connectivity index (χ1) is 8.42. The van der Waals surface area contributed by atoms with Gasteiger partial charge < -0.3 is 10.0 Å². The van der Waals surface area contributed by atoms with Crippen LogP contribution in [0.1, 0.15) is 53.4 Å². The molecule has 0 saturated heterocycles. The van der Waals surface area contributed by atoms with E-state index in [-0.39, 0.29) is 24.3 Å². The normalized spacial score (nSPS) is 12.5. The molecule has 0 aliphatic carbocycles. The molecular formula is C14H27NO3. The van der Waals surface area contributed by atoms with E-state index in [1.807, 2.05) is 20.8 Å². The second-order valence-electron chi connectivity index (χ2n) is 5.25. The molecule has 0 aliphatic heterocycles. The Morgan fingerprint density at radius 3 is 2.22 bits per heavy atom. The fourth-order valence-corrected chi connectivity index (χ4v) is 2.05. The van der Waals surface area contributed by atoms with E-state index < -0.39 is 5.97 Å². The first-order valence-corrected chi connectivity index (χ1v) is 6.92. The van der Waals surface area contributed by atoms with E-state index >= 15 is 0 Å². The average Bonchev–Trinajstić information content (AvgIpc) is 2.27. The Morgan fingerprint density at radius 1 is 1.22 bits per heavy atom. The van der Waals surface area contributed by atoms with Crippen molar-refractivity contribution >= 4 is 11.9 Å². The number of carbonyl (C=O) groups excluding carboxylic acids is 1. The van der Waals surface area contributed by atoms with E-state index in [9.17, 15) is 9.59 Å². The molecule has 0 aliphatic rings. The van der Waals surface area contributed by atoms with Crippen LogP contribution in [0.5, 0.6) is 0 Å². The Bertz CT molecular complexity index is 264. The molecule has 0 radical (unpaired) electrons. The third-order valence-corrected chi connectivity index (χ3v) is 2.97. The standard InChI is InChI=1S/C14H27NO3/c1-5-7-8-12(6-2)14(18)15(9-11(3)4)10-13(16)17/h11-12H,5-10H2,1-4H3,(H,16,17). The van der Waals surface area contributed by atoms with Crippen LogP contribution in [0.2, 0.25) is 0 Å². The lowest BCUT2D eigenvalue weighted by atomic mass is 9.97. The smallest absolute Gasteiger partial charge is 0.323 e. The summed E-state index contributed by atoms with van der Waals surface area (Å²) in [5.41, 5.74) is 0. The number of nitrogens with zero attached hydrogens (tertiary/aromatic N) is 1. The van der Waals surface area contributed by atoms with E-state index in [1.165, 1.54) is 4.90 Å². The zero-order valence-corrected chi connectivity index (χ0v) is 12.1. The lowest BCUT2D eigenvalue weighted by molar-refractivity contribution is -0.147. The largest absolute Gasteiger partial charge is 0.480 e. The van der Waals surface area contributed by atoms with Gasteiger partial charge in [0.25, 0.3) is 0 Å². The van der Waals surface area contributed by atoms with Gasteiger partial charge in [0.2, 0.25) is 5.91 Å². The summed E-state index contributed by atoms with van der Waals surface area (Å²) in [5, 5.41) is 8.88. The highest BCUT2D eigenvalue weighted by molar-refractivity contribution is 5.83. The number of aliphatic carboxylic acids is 1. The van der Waals surface area contributed by atoms with Gasteiger partial charge in [-0.05, 0) is 18.8 Å². The Morgan fingerprint density at radius 2 is 1.83 bits per heavy atom. The number of carboxylic acids is 1. The summed E-state index contributed by atoms with van der Waals surface area (Å²) in [6, 6.07) is 0. The van der Waals surface area contributed by atoms with Gasteiger partial charge in [-0.15, -0.1) is 0 Å². The number of rotatable bonds is 9. The zero-order chi connectivity index (χ0) is 14.1. The minimum atomic E-state index is -0.936. The molecule has 4 heteroatoms. The van der Waals surface area contributed by atoms with Gasteiger partial charge in [-0.25, -0.2) is 0 Å². The Labute approximate surface area is 110 Å². The molecular weight excluding hydrogens is 230 g/mol. The predicted molar refractivity (Wildman–Crippen MR) is 72.4 cm³/mol. The van der Waals surface area contributed by atoms with Crippen LogP contribution in [-0.4, -0.2) is 35.0 Å². The highest BCUT2D eigenvalue weighted by atomic mass is 16.4. The van der Waals surface area contributed by atoms with Crippen molar-refractivity contribution in [1.82, 2.24) is 4.90 Å². The summed E-state index contributed by atoms with van der Waals surface area (Å²) in [4.78, 5) is 24.6. The van der Waals surface area contributed by atoms with Gasteiger partial charge in [-0.1, -0.05) is 40.5 Å². The molecule has 4 nitrogen and oxygen atoms in total. The SMILES string of the molecule is CCCCC(CC)C(=O)N(CC(=O)O)CC(C)C. The molecule has 106 valence electrons. The Balaban J connectivity index is 4.62. The molecule has 0 saturated carbocycles. The lowest BCUT2D eigenvalue weighted by Crippen LogP contribution is -2.41. The molecule has 0 rings (SSSR count). The maximum absolute atomic E-state index is 12.3. The van der Waals surface area contributed by atoms with Crippen molar-refractivity contribution in [3.63, 3.8) is 0 Å². The van der Waals surface area contributed by atoms with Crippen molar-refractivity contribution in [1.29, 1.82) is 0 Å². The van der Waals surface area contributed by atoms with Crippen LogP contribution in [-0.2, 0) is 9.59 Å². The van der Waals surface area contributed by atoms with Crippen molar-refractivity contribution in [3.05, 3.63) is 0 Å². The van der Waals surface area contributed by atoms with Crippen LogP contribution in [0, 0.1) is 11.8 Å². The molecule has 0 bridgehead atoms. The molecule has 1 unspecified atom stereocenters. The molecule has 0 aromatic carbocycles. The molecule has 1 N–H and O–H groups in total. The molecule has 18 heavy (non-hydrogen) atoms. The monoisotopic (exact) mass is 257 g/mol. The van der Waals surface area contributed by atoms with E-state index in [4.69, 9.17) is 5.11 Å². The number of hydrogen-bond acceptors (Lipinski definition) is 2. The van der Waals surface area contributed by atoms with Gasteiger partial charge in [0, 0.05) is 12.5 Å². The van der Waals surface area contributed by atoms with Crippen LogP contribution in [0.15, 0.2) is 0 Å². The van der Waals surface area contributed by atoms with Crippen molar-refractivity contribution in [2.45, 2.75) is 53.4 Å². The summed E-state index contributed by atoms with van der Waals surface area (Å²) in [5.74, 6) is -0.670. The number of unbranched alkanes of at least 4 members (excludes halogenated alkanes) is 1. The molecule has 0 spiro atoms. The summed E-state index contributed by atoms with van der Waals surface area (Å²) >= 11 is 0. The summed E-state index contributed by atoms with van der Waals surface area (Å²) in [7, 11) is 0. The summed E-state index contributed by atoms with van der Waals surface area (Å²) in [6.07, 6.45) is 3.73. The minimum Gasteiger partial charge on any atom is -0.480 e. The van der Waals surface area contributed by atoms with Crippen molar-refractivity contribution < 1.29 is 14.7 Å². The highest BCUT2D eigenvalue weighted by Crippen LogP contribution is 2.16. The number of hydrogen-bond donors (Lipinski definition) is 1. The molecule has 1 atom stereocenters. The maximum atomic E-state index is 12.3. The average molecular weight is 257 g/mol. The fourth-order valence-electron chi connectivity index (χ4n) is 2.05. The molecule has 0 heterocycles. The van der Waals surface area contributed by atoms with Crippen LogP contribution in [0.25, 0.3) is 0 Å². The molecule has 1 amide bonds. The van der Waals surface area contributed by atoms with Gasteiger partial charge in [-0.2, -0.15) is 0 Å². The third-order valence-electron chi connectivity index (χ3n) is 2.97. The first-order valence-electron chi connectivity index (χ1n) is 6.92. The third kappa shape index (κ3) is 6.62. The van der Waals surface area contributed by atoms with E-state index in [1.54, 1.807) is 0 Å². The summed E-state index contributed by atoms with van der Waals surface area (Å²) in [6.45, 7) is 8.42. The van der Waals surface area contributed by atoms with Gasteiger partial charge in [0.1, 0.15) is 6.54 Å². The Kier molecular flexibility index (Phi) is 8.42. The molecule has 0 aromatic heterocycles. The van der Waals surface area contributed by atoms with E-state index in [0.29, 0.717) is 6.54 Å². The second kappa shape index (κ2) is 8.95. The summed E-state index contributed by atoms with van der Waals surface area (Å²) < 4.78 is 0. The Hall–Kier alpha value is -1.06. The fraction of sp³-hybridized carbons (Fsp3) is 0.857. The zero-order valence-electron chi connectivity index (χ0n) is 12.1. The number of carboxylic acid groups (broad SMARTS) is 1.